The van der Waals surface area contributed by atoms with Crippen LogP contribution >= 0.6 is 31.9 Å². The van der Waals surface area contributed by atoms with Gasteiger partial charge in [-0.15, -0.1) is 0 Å². The monoisotopic (exact) mass is 381 g/mol. The molecule has 1 aromatic carbocycles. The van der Waals surface area contributed by atoms with Crippen molar-refractivity contribution in [3.05, 3.63) is 27.1 Å². The standard InChI is InChI=1S/C11H13Br2NO2S/c1-7-4-8(7)6-14-17(15,16)11-3-2-9(12)5-10(11)13/h2-3,5,7-8,14H,4,6H2,1H3. The van der Waals surface area contributed by atoms with E-state index in [0.29, 0.717) is 22.9 Å². The Hall–Kier alpha value is 0.0900. The molecule has 1 aromatic rings. The lowest BCUT2D eigenvalue weighted by Gasteiger charge is -2.08. The average molecular weight is 383 g/mol. The Balaban J connectivity index is 2.13. The fraction of sp³-hybridized carbons (Fsp3) is 0.455. The summed E-state index contributed by atoms with van der Waals surface area (Å²) in [6.45, 7) is 2.67. The minimum absolute atomic E-state index is 0.286. The first-order valence-electron chi connectivity index (χ1n) is 5.35. The number of benzene rings is 1. The van der Waals surface area contributed by atoms with Gasteiger partial charge in [0.15, 0.2) is 0 Å². The van der Waals surface area contributed by atoms with E-state index in [9.17, 15) is 8.42 Å². The van der Waals surface area contributed by atoms with Gasteiger partial charge in [0.1, 0.15) is 0 Å². The summed E-state index contributed by atoms with van der Waals surface area (Å²) >= 11 is 6.57. The van der Waals surface area contributed by atoms with Crippen LogP contribution in [0, 0.1) is 11.8 Å². The predicted molar refractivity (Wildman–Crippen MR) is 74.3 cm³/mol. The van der Waals surface area contributed by atoms with Crippen molar-refractivity contribution in [3.63, 3.8) is 0 Å². The Bertz CT molecular complexity index is 530. The molecule has 0 aliphatic heterocycles. The number of rotatable bonds is 4. The second kappa shape index (κ2) is 4.99. The fourth-order valence-corrected chi connectivity index (χ4v) is 4.51. The Labute approximate surface area is 118 Å². The van der Waals surface area contributed by atoms with Crippen molar-refractivity contribution in [3.8, 4) is 0 Å². The van der Waals surface area contributed by atoms with Crippen LogP contribution in [-0.4, -0.2) is 15.0 Å². The Morgan fingerprint density at radius 1 is 1.41 bits per heavy atom. The van der Waals surface area contributed by atoms with Gasteiger partial charge in [-0.05, 0) is 52.4 Å². The highest BCUT2D eigenvalue weighted by Crippen LogP contribution is 2.37. The first kappa shape index (κ1) is 13.5. The van der Waals surface area contributed by atoms with Crippen LogP contribution in [0.2, 0.25) is 0 Å². The van der Waals surface area contributed by atoms with E-state index in [2.05, 4.69) is 43.5 Å². The molecule has 0 radical (unpaired) electrons. The molecular weight excluding hydrogens is 370 g/mol. The molecule has 17 heavy (non-hydrogen) atoms. The van der Waals surface area contributed by atoms with Gasteiger partial charge in [0, 0.05) is 15.5 Å². The third-order valence-electron chi connectivity index (χ3n) is 3.00. The number of hydrogen-bond donors (Lipinski definition) is 1. The highest BCUT2D eigenvalue weighted by molar-refractivity contribution is 9.11. The Kier molecular flexibility index (Phi) is 3.97. The van der Waals surface area contributed by atoms with Crippen LogP contribution < -0.4 is 4.72 Å². The summed E-state index contributed by atoms with van der Waals surface area (Å²) < 4.78 is 28.2. The molecule has 2 unspecified atom stereocenters. The predicted octanol–water partition coefficient (Wildman–Crippen LogP) is 3.15. The van der Waals surface area contributed by atoms with Crippen molar-refractivity contribution < 1.29 is 8.42 Å². The van der Waals surface area contributed by atoms with Gasteiger partial charge in [0.25, 0.3) is 0 Å². The maximum absolute atomic E-state index is 12.0. The van der Waals surface area contributed by atoms with Crippen molar-refractivity contribution in [2.45, 2.75) is 18.2 Å². The van der Waals surface area contributed by atoms with Crippen LogP contribution in [0.3, 0.4) is 0 Å². The largest absolute Gasteiger partial charge is 0.241 e. The summed E-state index contributed by atoms with van der Waals surface area (Å²) in [5, 5.41) is 0. The van der Waals surface area contributed by atoms with E-state index >= 15 is 0 Å². The lowest BCUT2D eigenvalue weighted by Crippen LogP contribution is -2.26. The highest BCUT2D eigenvalue weighted by atomic mass is 79.9. The zero-order valence-electron chi connectivity index (χ0n) is 9.28. The zero-order chi connectivity index (χ0) is 12.6. The SMILES string of the molecule is CC1CC1CNS(=O)(=O)c1ccc(Br)cc1Br. The summed E-state index contributed by atoms with van der Waals surface area (Å²) in [6.07, 6.45) is 1.12. The van der Waals surface area contributed by atoms with E-state index in [1.54, 1.807) is 18.2 Å². The van der Waals surface area contributed by atoms with Crippen LogP contribution in [0.4, 0.5) is 0 Å². The first-order valence-corrected chi connectivity index (χ1v) is 8.42. The molecule has 0 spiro atoms. The van der Waals surface area contributed by atoms with Crippen molar-refractivity contribution >= 4 is 41.9 Å². The third-order valence-corrected chi connectivity index (χ3v) is 5.89. The fourth-order valence-electron chi connectivity index (χ4n) is 1.67. The lowest BCUT2D eigenvalue weighted by atomic mass is 10.3. The van der Waals surface area contributed by atoms with Crippen molar-refractivity contribution in [2.24, 2.45) is 11.8 Å². The van der Waals surface area contributed by atoms with Crippen LogP contribution in [0.1, 0.15) is 13.3 Å². The molecular formula is C11H13Br2NO2S. The maximum Gasteiger partial charge on any atom is 0.241 e. The molecule has 2 atom stereocenters. The quantitative estimate of drug-likeness (QED) is 0.869. The molecule has 1 N–H and O–H groups in total. The molecule has 1 aliphatic rings. The van der Waals surface area contributed by atoms with E-state index in [4.69, 9.17) is 0 Å². The lowest BCUT2D eigenvalue weighted by molar-refractivity contribution is 0.574. The molecule has 0 bridgehead atoms. The molecule has 0 aromatic heterocycles. The Morgan fingerprint density at radius 2 is 2.06 bits per heavy atom. The van der Waals surface area contributed by atoms with Gasteiger partial charge < -0.3 is 0 Å². The third kappa shape index (κ3) is 3.30. The number of hydrogen-bond acceptors (Lipinski definition) is 2. The minimum atomic E-state index is -3.40. The van der Waals surface area contributed by atoms with E-state index < -0.39 is 10.0 Å². The van der Waals surface area contributed by atoms with Gasteiger partial charge in [0.05, 0.1) is 4.90 Å². The molecule has 0 saturated heterocycles. The van der Waals surface area contributed by atoms with E-state index in [1.165, 1.54) is 0 Å². The van der Waals surface area contributed by atoms with Gasteiger partial charge in [0.2, 0.25) is 10.0 Å². The summed E-state index contributed by atoms with van der Waals surface area (Å²) in [5.41, 5.74) is 0. The van der Waals surface area contributed by atoms with Gasteiger partial charge in [-0.3, -0.25) is 0 Å². The number of halogens is 2. The molecule has 1 fully saturated rings. The maximum atomic E-state index is 12.0. The molecule has 0 amide bonds. The molecule has 1 saturated carbocycles. The minimum Gasteiger partial charge on any atom is -0.211 e. The number of sulfonamides is 1. The van der Waals surface area contributed by atoms with Crippen LogP contribution in [0.5, 0.6) is 0 Å². The first-order chi connectivity index (χ1) is 7.90. The van der Waals surface area contributed by atoms with Crippen LogP contribution in [0.15, 0.2) is 32.0 Å². The van der Waals surface area contributed by atoms with Crippen molar-refractivity contribution in [1.82, 2.24) is 4.72 Å². The summed E-state index contributed by atoms with van der Waals surface area (Å²) in [6, 6.07) is 5.04. The van der Waals surface area contributed by atoms with E-state index in [1.807, 2.05) is 0 Å². The van der Waals surface area contributed by atoms with Gasteiger partial charge in [-0.1, -0.05) is 22.9 Å². The molecule has 2 rings (SSSR count). The van der Waals surface area contributed by atoms with Crippen LogP contribution in [-0.2, 0) is 10.0 Å². The van der Waals surface area contributed by atoms with Gasteiger partial charge >= 0.3 is 0 Å². The van der Waals surface area contributed by atoms with Gasteiger partial charge in [-0.25, -0.2) is 13.1 Å². The molecule has 0 heterocycles. The summed E-state index contributed by atoms with van der Waals surface area (Å²) in [5.74, 6) is 1.14. The van der Waals surface area contributed by atoms with Crippen LogP contribution in [0.25, 0.3) is 0 Å². The van der Waals surface area contributed by atoms with E-state index in [-0.39, 0.29) is 4.90 Å². The average Bonchev–Trinajstić information content (AvgIpc) is 2.91. The van der Waals surface area contributed by atoms with Gasteiger partial charge in [-0.2, -0.15) is 0 Å². The van der Waals surface area contributed by atoms with Crippen molar-refractivity contribution in [2.75, 3.05) is 6.54 Å². The highest BCUT2D eigenvalue weighted by Gasteiger charge is 2.33. The zero-order valence-corrected chi connectivity index (χ0v) is 13.3. The second-order valence-corrected chi connectivity index (χ2v) is 7.91. The summed E-state index contributed by atoms with van der Waals surface area (Å²) in [4.78, 5) is 0.286. The second-order valence-electron chi connectivity index (χ2n) is 4.40. The van der Waals surface area contributed by atoms with Crippen molar-refractivity contribution in [1.29, 1.82) is 0 Å². The topological polar surface area (TPSA) is 46.2 Å². The Morgan fingerprint density at radius 3 is 2.59 bits per heavy atom. The summed E-state index contributed by atoms with van der Waals surface area (Å²) in [7, 11) is -3.40. The molecule has 1 aliphatic carbocycles. The normalized spacial score (nSPS) is 23.7. The molecule has 3 nitrogen and oxygen atoms in total. The van der Waals surface area contributed by atoms with E-state index in [0.717, 1.165) is 10.9 Å². The number of nitrogens with one attached hydrogen (secondary N) is 1. The smallest absolute Gasteiger partial charge is 0.211 e. The molecule has 6 heteroatoms. The molecule has 94 valence electrons.